The van der Waals surface area contributed by atoms with Gasteiger partial charge in [0.15, 0.2) is 5.69 Å². The minimum Gasteiger partial charge on any atom is -0.476 e. The van der Waals surface area contributed by atoms with Crippen LogP contribution in [0.5, 0.6) is 0 Å². The van der Waals surface area contributed by atoms with Crippen LogP contribution in [0.15, 0.2) is 12.3 Å². The Morgan fingerprint density at radius 3 is 2.89 bits per heavy atom. The number of aryl methyl sites for hydroxylation is 2. The third kappa shape index (κ3) is 2.23. The highest BCUT2D eigenvalue weighted by molar-refractivity contribution is 7.98. The van der Waals surface area contributed by atoms with Gasteiger partial charge in [-0.3, -0.25) is 4.68 Å². The predicted molar refractivity (Wildman–Crippen MR) is 67.6 cm³/mol. The molecule has 7 nitrogen and oxygen atoms in total. The summed E-state index contributed by atoms with van der Waals surface area (Å²) in [4.78, 5) is 11.2. The quantitative estimate of drug-likeness (QED) is 0.860. The highest BCUT2D eigenvalue weighted by atomic mass is 32.2. The Morgan fingerprint density at radius 2 is 2.33 bits per heavy atom. The van der Waals surface area contributed by atoms with Crippen LogP contribution in [0.2, 0.25) is 0 Å². The Balaban J connectivity index is 2.50. The molecule has 0 radical (unpaired) electrons. The minimum absolute atomic E-state index is 0.0419. The smallest absolute Gasteiger partial charge is 0.358 e. The fourth-order valence-corrected chi connectivity index (χ4v) is 2.01. The molecule has 0 aliphatic carbocycles. The number of carboxylic acid groups (broad SMARTS) is 1. The maximum Gasteiger partial charge on any atom is 0.358 e. The molecule has 2 rings (SSSR count). The molecule has 96 valence electrons. The summed E-state index contributed by atoms with van der Waals surface area (Å²) < 4.78 is 3.22. The van der Waals surface area contributed by atoms with Crippen LogP contribution in [0.25, 0.3) is 11.4 Å². The van der Waals surface area contributed by atoms with Crippen molar-refractivity contribution < 1.29 is 9.90 Å². The lowest BCUT2D eigenvalue weighted by Crippen LogP contribution is -2.09. The summed E-state index contributed by atoms with van der Waals surface area (Å²) in [5, 5.41) is 20.8. The largest absolute Gasteiger partial charge is 0.476 e. The summed E-state index contributed by atoms with van der Waals surface area (Å²) in [6, 6.07) is 1.75. The van der Waals surface area contributed by atoms with E-state index in [1.54, 1.807) is 40.4 Å². The molecule has 0 atom stereocenters. The molecule has 2 aromatic heterocycles. The van der Waals surface area contributed by atoms with Gasteiger partial charge in [0.05, 0.1) is 12.2 Å². The molecule has 0 amide bonds. The van der Waals surface area contributed by atoms with Gasteiger partial charge in [-0.15, -0.1) is 5.10 Å². The van der Waals surface area contributed by atoms with E-state index in [-0.39, 0.29) is 5.69 Å². The van der Waals surface area contributed by atoms with Gasteiger partial charge in [-0.25, -0.2) is 9.48 Å². The predicted octanol–water partition coefficient (Wildman–Crippen LogP) is 0.740. The summed E-state index contributed by atoms with van der Waals surface area (Å²) in [6.45, 7) is 0.613. The molecule has 2 aromatic rings. The van der Waals surface area contributed by atoms with Gasteiger partial charge in [-0.2, -0.15) is 16.9 Å². The first kappa shape index (κ1) is 12.6. The number of hydrogen-bond acceptors (Lipinski definition) is 5. The first-order valence-corrected chi connectivity index (χ1v) is 6.68. The molecular formula is C10H13N5O2S. The fourth-order valence-electron chi connectivity index (χ4n) is 1.65. The van der Waals surface area contributed by atoms with Gasteiger partial charge >= 0.3 is 5.97 Å². The summed E-state index contributed by atoms with van der Waals surface area (Å²) in [6.07, 6.45) is 3.60. The zero-order chi connectivity index (χ0) is 13.1. The molecular weight excluding hydrogens is 254 g/mol. The highest BCUT2D eigenvalue weighted by Gasteiger charge is 2.22. The number of rotatable bonds is 5. The van der Waals surface area contributed by atoms with Gasteiger partial charge in [0, 0.05) is 19.0 Å². The Morgan fingerprint density at radius 1 is 1.56 bits per heavy atom. The van der Waals surface area contributed by atoms with Crippen molar-refractivity contribution in [1.29, 1.82) is 0 Å². The standard InChI is InChI=1S/C10H13N5O2S/c1-14-7(3-4-11-14)9-8(10(16)17)12-13-15(9)5-6-18-2/h3-4H,5-6H2,1-2H3,(H,16,17). The van der Waals surface area contributed by atoms with Crippen LogP contribution in [0.1, 0.15) is 10.5 Å². The van der Waals surface area contributed by atoms with Crippen LogP contribution in [-0.2, 0) is 13.6 Å². The lowest BCUT2D eigenvalue weighted by Gasteiger charge is -2.06. The van der Waals surface area contributed by atoms with Crippen molar-refractivity contribution in [2.45, 2.75) is 6.54 Å². The molecule has 0 aliphatic rings. The summed E-state index contributed by atoms with van der Waals surface area (Å²) >= 11 is 1.67. The van der Waals surface area contributed by atoms with Crippen molar-refractivity contribution in [2.75, 3.05) is 12.0 Å². The summed E-state index contributed by atoms with van der Waals surface area (Å²) in [7, 11) is 1.76. The van der Waals surface area contributed by atoms with E-state index in [2.05, 4.69) is 15.4 Å². The number of carboxylic acids is 1. The second-order valence-electron chi connectivity index (χ2n) is 3.65. The number of thioether (sulfide) groups is 1. The normalized spacial score (nSPS) is 10.8. The fraction of sp³-hybridized carbons (Fsp3) is 0.400. The van der Waals surface area contributed by atoms with E-state index in [1.807, 2.05) is 6.26 Å². The van der Waals surface area contributed by atoms with E-state index in [1.165, 1.54) is 0 Å². The monoisotopic (exact) mass is 267 g/mol. The third-order valence-corrected chi connectivity index (χ3v) is 3.10. The van der Waals surface area contributed by atoms with Crippen molar-refractivity contribution in [3.05, 3.63) is 18.0 Å². The van der Waals surface area contributed by atoms with Crippen molar-refractivity contribution in [2.24, 2.45) is 7.05 Å². The Hall–Kier alpha value is -1.83. The molecule has 0 unspecified atom stereocenters. The van der Waals surface area contributed by atoms with E-state index in [0.717, 1.165) is 5.75 Å². The molecule has 0 aliphatic heterocycles. The van der Waals surface area contributed by atoms with Gasteiger partial charge in [-0.1, -0.05) is 5.21 Å². The summed E-state index contributed by atoms with van der Waals surface area (Å²) in [5.41, 5.74) is 1.15. The molecule has 0 bridgehead atoms. The number of hydrogen-bond donors (Lipinski definition) is 1. The molecule has 8 heteroatoms. The summed E-state index contributed by atoms with van der Waals surface area (Å²) in [5.74, 6) is -0.241. The molecule has 1 N–H and O–H groups in total. The maximum atomic E-state index is 11.2. The van der Waals surface area contributed by atoms with E-state index in [9.17, 15) is 4.79 Å². The first-order valence-electron chi connectivity index (χ1n) is 5.29. The van der Waals surface area contributed by atoms with Crippen LogP contribution < -0.4 is 0 Å². The van der Waals surface area contributed by atoms with Gasteiger partial charge in [0.2, 0.25) is 0 Å². The zero-order valence-electron chi connectivity index (χ0n) is 10.1. The van der Waals surface area contributed by atoms with E-state index in [4.69, 9.17) is 5.11 Å². The van der Waals surface area contributed by atoms with Crippen LogP contribution in [-0.4, -0.2) is 47.9 Å². The van der Waals surface area contributed by atoms with Gasteiger partial charge in [0.1, 0.15) is 5.69 Å². The van der Waals surface area contributed by atoms with Crippen LogP contribution >= 0.6 is 11.8 Å². The Kier molecular flexibility index (Phi) is 3.66. The van der Waals surface area contributed by atoms with E-state index >= 15 is 0 Å². The van der Waals surface area contributed by atoms with Crippen LogP contribution in [0, 0.1) is 0 Å². The second kappa shape index (κ2) is 5.21. The highest BCUT2D eigenvalue weighted by Crippen LogP contribution is 2.21. The third-order valence-electron chi connectivity index (χ3n) is 2.51. The zero-order valence-corrected chi connectivity index (χ0v) is 10.9. The number of aromatic nitrogens is 5. The van der Waals surface area contributed by atoms with Gasteiger partial charge in [0.25, 0.3) is 0 Å². The van der Waals surface area contributed by atoms with Crippen molar-refractivity contribution in [1.82, 2.24) is 24.8 Å². The molecule has 0 saturated carbocycles. The number of nitrogens with zero attached hydrogens (tertiary/aromatic N) is 5. The Labute approximate surface area is 108 Å². The van der Waals surface area contributed by atoms with Crippen LogP contribution in [0.3, 0.4) is 0 Å². The van der Waals surface area contributed by atoms with E-state index in [0.29, 0.717) is 17.9 Å². The van der Waals surface area contributed by atoms with Crippen molar-refractivity contribution >= 4 is 17.7 Å². The van der Waals surface area contributed by atoms with Gasteiger partial charge < -0.3 is 5.11 Å². The SMILES string of the molecule is CSCCn1nnc(C(=O)O)c1-c1ccnn1C. The minimum atomic E-state index is -1.08. The first-order chi connectivity index (χ1) is 8.65. The lowest BCUT2D eigenvalue weighted by molar-refractivity contribution is 0.0691. The Bertz CT molecular complexity index is 562. The molecule has 0 aromatic carbocycles. The average molecular weight is 267 g/mol. The van der Waals surface area contributed by atoms with Gasteiger partial charge in [-0.05, 0) is 12.3 Å². The number of aromatic carboxylic acids is 1. The molecule has 0 fully saturated rings. The molecule has 18 heavy (non-hydrogen) atoms. The van der Waals surface area contributed by atoms with E-state index < -0.39 is 5.97 Å². The average Bonchev–Trinajstić information content (AvgIpc) is 2.91. The topological polar surface area (TPSA) is 85.8 Å². The second-order valence-corrected chi connectivity index (χ2v) is 4.63. The van der Waals surface area contributed by atoms with Crippen molar-refractivity contribution in [3.8, 4) is 11.4 Å². The lowest BCUT2D eigenvalue weighted by atomic mass is 10.2. The van der Waals surface area contributed by atoms with Crippen LogP contribution in [0.4, 0.5) is 0 Å². The molecule has 2 heterocycles. The number of carbonyl (C=O) groups is 1. The maximum absolute atomic E-state index is 11.2. The molecule has 0 saturated heterocycles. The molecule has 0 spiro atoms. The van der Waals surface area contributed by atoms with Crippen molar-refractivity contribution in [3.63, 3.8) is 0 Å².